The zero-order chi connectivity index (χ0) is 15.0. The third-order valence-corrected chi connectivity index (χ3v) is 3.77. The predicted octanol–water partition coefficient (Wildman–Crippen LogP) is 4.48. The highest BCUT2D eigenvalue weighted by molar-refractivity contribution is 6.20. The number of nitrogens with zero attached hydrogens (tertiary/aromatic N) is 3. The first-order chi connectivity index (χ1) is 10.1. The molecule has 1 aromatic carbocycles. The highest BCUT2D eigenvalue weighted by Crippen LogP contribution is 2.30. The Morgan fingerprint density at radius 1 is 1.14 bits per heavy atom. The minimum absolute atomic E-state index is 0.234. The van der Waals surface area contributed by atoms with Crippen LogP contribution in [0.3, 0.4) is 0 Å². The molecule has 0 amide bonds. The number of pyridine rings is 1. The summed E-state index contributed by atoms with van der Waals surface area (Å²) in [7, 11) is 0. The quantitative estimate of drug-likeness (QED) is 0.668. The molecule has 3 aromatic rings. The maximum absolute atomic E-state index is 14.1. The normalized spacial score (nSPS) is 14.3. The molecule has 0 saturated carbocycles. The molecule has 5 heteroatoms. The molecule has 0 aliphatic carbocycles. The van der Waals surface area contributed by atoms with Crippen molar-refractivity contribution in [3.8, 4) is 0 Å². The summed E-state index contributed by atoms with van der Waals surface area (Å²) < 4.78 is 16.0. The van der Waals surface area contributed by atoms with E-state index in [0.29, 0.717) is 11.4 Å². The van der Waals surface area contributed by atoms with Crippen molar-refractivity contribution in [2.75, 3.05) is 0 Å². The predicted molar refractivity (Wildman–Crippen MR) is 82.0 cm³/mol. The van der Waals surface area contributed by atoms with Gasteiger partial charge in [0.15, 0.2) is 5.65 Å². The molecular formula is C16H15ClFN3. The zero-order valence-electron chi connectivity index (χ0n) is 11.8. The van der Waals surface area contributed by atoms with Crippen molar-refractivity contribution in [3.63, 3.8) is 0 Å². The van der Waals surface area contributed by atoms with Crippen molar-refractivity contribution in [2.24, 2.45) is 0 Å². The van der Waals surface area contributed by atoms with Gasteiger partial charge >= 0.3 is 0 Å². The van der Waals surface area contributed by atoms with Crippen molar-refractivity contribution >= 4 is 22.8 Å². The zero-order valence-corrected chi connectivity index (χ0v) is 12.5. The Morgan fingerprint density at radius 2 is 1.90 bits per heavy atom. The molecule has 2 atom stereocenters. The largest absolute Gasteiger partial charge is 0.304 e. The van der Waals surface area contributed by atoms with Gasteiger partial charge in [0.2, 0.25) is 0 Å². The number of aromatic nitrogens is 3. The van der Waals surface area contributed by atoms with Crippen LogP contribution in [0.1, 0.15) is 36.7 Å². The maximum Gasteiger partial charge on any atom is 0.160 e. The highest BCUT2D eigenvalue weighted by Gasteiger charge is 2.22. The topological polar surface area (TPSA) is 30.7 Å². The third-order valence-electron chi connectivity index (χ3n) is 3.57. The second kappa shape index (κ2) is 5.45. The van der Waals surface area contributed by atoms with Crippen LogP contribution in [-0.4, -0.2) is 14.5 Å². The summed E-state index contributed by atoms with van der Waals surface area (Å²) in [6.45, 7) is 3.78. The molecule has 0 radical (unpaired) electrons. The standard InChI is InChI=1S/C16H15ClFN3/c1-10(17)15-20-14-8-5-9-19-16(14)21(15)11(2)12-6-3-4-7-13(12)18/h3-11H,1-2H3. The van der Waals surface area contributed by atoms with Crippen molar-refractivity contribution in [2.45, 2.75) is 25.3 Å². The molecule has 3 nitrogen and oxygen atoms in total. The molecule has 0 aliphatic rings. The van der Waals surface area contributed by atoms with Crippen LogP contribution in [0.25, 0.3) is 11.2 Å². The van der Waals surface area contributed by atoms with E-state index in [0.717, 1.165) is 11.2 Å². The monoisotopic (exact) mass is 303 g/mol. The molecule has 108 valence electrons. The molecule has 21 heavy (non-hydrogen) atoms. The lowest BCUT2D eigenvalue weighted by Gasteiger charge is -2.19. The summed E-state index contributed by atoms with van der Waals surface area (Å²) in [5.41, 5.74) is 2.08. The molecule has 0 fully saturated rings. The van der Waals surface area contributed by atoms with Crippen molar-refractivity contribution in [1.82, 2.24) is 14.5 Å². The van der Waals surface area contributed by atoms with Gasteiger partial charge in [0.05, 0.1) is 11.4 Å². The molecule has 2 aromatic heterocycles. The average molecular weight is 304 g/mol. The average Bonchev–Trinajstić information content (AvgIpc) is 2.86. The van der Waals surface area contributed by atoms with Gasteiger partial charge in [-0.3, -0.25) is 0 Å². The van der Waals surface area contributed by atoms with Crippen LogP contribution < -0.4 is 0 Å². The number of halogens is 2. The number of fused-ring (bicyclic) bond motifs is 1. The lowest BCUT2D eigenvalue weighted by atomic mass is 10.1. The lowest BCUT2D eigenvalue weighted by molar-refractivity contribution is 0.549. The molecular weight excluding hydrogens is 289 g/mol. The van der Waals surface area contributed by atoms with Gasteiger partial charge in [-0.05, 0) is 32.0 Å². The molecule has 0 aliphatic heterocycles. The van der Waals surface area contributed by atoms with Crippen molar-refractivity contribution < 1.29 is 4.39 Å². The third kappa shape index (κ3) is 2.40. The number of benzene rings is 1. The van der Waals surface area contributed by atoms with E-state index in [-0.39, 0.29) is 17.2 Å². The van der Waals surface area contributed by atoms with Gasteiger partial charge in [0.25, 0.3) is 0 Å². The van der Waals surface area contributed by atoms with Crippen LogP contribution in [0.2, 0.25) is 0 Å². The van der Waals surface area contributed by atoms with Crippen LogP contribution in [0.4, 0.5) is 4.39 Å². The van der Waals surface area contributed by atoms with Gasteiger partial charge in [-0.15, -0.1) is 11.6 Å². The molecule has 2 unspecified atom stereocenters. The van der Waals surface area contributed by atoms with Crippen LogP contribution in [-0.2, 0) is 0 Å². The molecule has 2 heterocycles. The number of rotatable bonds is 3. The maximum atomic E-state index is 14.1. The smallest absolute Gasteiger partial charge is 0.160 e. The van der Waals surface area contributed by atoms with Gasteiger partial charge in [-0.25, -0.2) is 14.4 Å². The first-order valence-corrected chi connectivity index (χ1v) is 7.24. The van der Waals surface area contributed by atoms with E-state index in [1.165, 1.54) is 6.07 Å². The van der Waals surface area contributed by atoms with E-state index in [1.807, 2.05) is 36.6 Å². The number of imidazole rings is 1. The number of hydrogen-bond donors (Lipinski definition) is 0. The van der Waals surface area contributed by atoms with E-state index >= 15 is 0 Å². The van der Waals surface area contributed by atoms with Crippen LogP contribution in [0.15, 0.2) is 42.6 Å². The van der Waals surface area contributed by atoms with Crippen molar-refractivity contribution in [1.29, 1.82) is 0 Å². The van der Waals surface area contributed by atoms with E-state index < -0.39 is 0 Å². The van der Waals surface area contributed by atoms with Crippen LogP contribution in [0, 0.1) is 5.82 Å². The van der Waals surface area contributed by atoms with Gasteiger partial charge in [-0.1, -0.05) is 18.2 Å². The Hall–Kier alpha value is -1.94. The summed E-state index contributed by atoms with van der Waals surface area (Å²) >= 11 is 6.25. The summed E-state index contributed by atoms with van der Waals surface area (Å²) in [6, 6.07) is 10.2. The fourth-order valence-electron chi connectivity index (χ4n) is 2.56. The molecule has 3 rings (SSSR count). The number of hydrogen-bond acceptors (Lipinski definition) is 2. The summed E-state index contributed by atoms with van der Waals surface area (Å²) in [4.78, 5) is 8.91. The Balaban J connectivity index is 2.23. The molecule has 0 spiro atoms. The van der Waals surface area contributed by atoms with Crippen LogP contribution in [0.5, 0.6) is 0 Å². The SMILES string of the molecule is CC(Cl)c1nc2cccnc2n1C(C)c1ccccc1F. The van der Waals surface area contributed by atoms with Crippen molar-refractivity contribution in [3.05, 3.63) is 59.8 Å². The second-order valence-electron chi connectivity index (χ2n) is 5.00. The van der Waals surface area contributed by atoms with Gasteiger partial charge in [0, 0.05) is 11.8 Å². The Morgan fingerprint density at radius 3 is 2.62 bits per heavy atom. The van der Waals surface area contributed by atoms with Gasteiger partial charge < -0.3 is 4.57 Å². The fourth-order valence-corrected chi connectivity index (χ4v) is 2.72. The van der Waals surface area contributed by atoms with Gasteiger partial charge in [0.1, 0.15) is 17.2 Å². The number of alkyl halides is 1. The lowest BCUT2D eigenvalue weighted by Crippen LogP contribution is -2.13. The minimum Gasteiger partial charge on any atom is -0.304 e. The van der Waals surface area contributed by atoms with E-state index in [1.54, 1.807) is 18.3 Å². The van der Waals surface area contributed by atoms with E-state index in [2.05, 4.69) is 9.97 Å². The summed E-state index contributed by atoms with van der Waals surface area (Å²) in [5, 5.41) is -0.284. The summed E-state index contributed by atoms with van der Waals surface area (Å²) in [6.07, 6.45) is 1.71. The van der Waals surface area contributed by atoms with E-state index in [9.17, 15) is 4.39 Å². The highest BCUT2D eigenvalue weighted by atomic mass is 35.5. The Labute approximate surface area is 127 Å². The second-order valence-corrected chi connectivity index (χ2v) is 5.65. The fraction of sp³-hybridized carbons (Fsp3) is 0.250. The Bertz CT molecular complexity index is 782. The Kier molecular flexibility index (Phi) is 3.64. The molecule has 0 bridgehead atoms. The minimum atomic E-state index is -0.284. The first kappa shape index (κ1) is 14.0. The molecule has 0 saturated heterocycles. The summed E-state index contributed by atoms with van der Waals surface area (Å²) in [5.74, 6) is 0.456. The van der Waals surface area contributed by atoms with E-state index in [4.69, 9.17) is 11.6 Å². The van der Waals surface area contributed by atoms with Gasteiger partial charge in [-0.2, -0.15) is 0 Å². The first-order valence-electron chi connectivity index (χ1n) is 6.81. The molecule has 0 N–H and O–H groups in total. The van der Waals surface area contributed by atoms with Crippen LogP contribution >= 0.6 is 11.6 Å².